The highest BCUT2D eigenvalue weighted by molar-refractivity contribution is 5.94. The van der Waals surface area contributed by atoms with E-state index in [1.807, 2.05) is 0 Å². The minimum absolute atomic E-state index is 0.0481. The second-order valence-electron chi connectivity index (χ2n) is 7.09. The number of carbonyl (C=O) groups is 1. The molecule has 1 atom stereocenters. The van der Waals surface area contributed by atoms with E-state index in [1.54, 1.807) is 24.4 Å². The van der Waals surface area contributed by atoms with E-state index in [0.717, 1.165) is 18.4 Å². The predicted octanol–water partition coefficient (Wildman–Crippen LogP) is 3.77. The maximum absolute atomic E-state index is 12.8. The van der Waals surface area contributed by atoms with E-state index in [4.69, 9.17) is 0 Å². The molecule has 0 unspecified atom stereocenters. The third-order valence-electron chi connectivity index (χ3n) is 4.69. The normalized spacial score (nSPS) is 12.3. The number of fused-ring (bicyclic) bond motifs is 1. The van der Waals surface area contributed by atoms with Crippen LogP contribution in [0.5, 0.6) is 0 Å². The number of hydrogen-bond acceptors (Lipinski definition) is 3. The van der Waals surface area contributed by atoms with Crippen LogP contribution in [0.25, 0.3) is 5.65 Å². The number of rotatable bonds is 6. The molecule has 0 saturated carbocycles. The molecule has 5 nitrogen and oxygen atoms in total. The zero-order chi connectivity index (χ0) is 19.4. The fraction of sp³-hybridized carbons (Fsp3) is 0.318. The lowest BCUT2D eigenvalue weighted by molar-refractivity contribution is 0.0923. The fourth-order valence-electron chi connectivity index (χ4n) is 3.22. The van der Waals surface area contributed by atoms with Crippen molar-refractivity contribution in [3.63, 3.8) is 0 Å². The topological polar surface area (TPSA) is 63.5 Å². The average molecular weight is 363 g/mol. The average Bonchev–Trinajstić information content (AvgIpc) is 2.67. The third-order valence-corrected chi connectivity index (χ3v) is 4.69. The Morgan fingerprint density at radius 1 is 1.15 bits per heavy atom. The van der Waals surface area contributed by atoms with Crippen LogP contribution in [0.1, 0.15) is 54.7 Å². The lowest BCUT2D eigenvalue weighted by atomic mass is 9.94. The van der Waals surface area contributed by atoms with E-state index in [9.17, 15) is 9.59 Å². The van der Waals surface area contributed by atoms with E-state index in [0.29, 0.717) is 5.65 Å². The van der Waals surface area contributed by atoms with Gasteiger partial charge in [0.15, 0.2) is 0 Å². The number of benzene rings is 1. The minimum atomic E-state index is -0.401. The second kappa shape index (κ2) is 8.16. The van der Waals surface area contributed by atoms with Gasteiger partial charge in [0.2, 0.25) is 0 Å². The Hall–Kier alpha value is -2.95. The number of carbonyl (C=O) groups excluding carboxylic acids is 1. The van der Waals surface area contributed by atoms with Crippen molar-refractivity contribution in [2.45, 2.75) is 39.7 Å². The zero-order valence-electron chi connectivity index (χ0n) is 16.0. The molecule has 0 spiro atoms. The molecular formula is C22H25N3O2. The van der Waals surface area contributed by atoms with Crippen LogP contribution in [0.15, 0.2) is 59.7 Å². The second-order valence-corrected chi connectivity index (χ2v) is 7.09. The van der Waals surface area contributed by atoms with Crippen molar-refractivity contribution < 1.29 is 4.79 Å². The van der Waals surface area contributed by atoms with Gasteiger partial charge in [-0.25, -0.2) is 4.98 Å². The molecular weight excluding hydrogens is 338 g/mol. The van der Waals surface area contributed by atoms with Crippen molar-refractivity contribution in [3.8, 4) is 0 Å². The van der Waals surface area contributed by atoms with E-state index in [2.05, 4.69) is 55.3 Å². The summed E-state index contributed by atoms with van der Waals surface area (Å²) in [6.45, 7) is 6.26. The van der Waals surface area contributed by atoms with E-state index >= 15 is 0 Å². The fourth-order valence-corrected chi connectivity index (χ4v) is 3.22. The highest BCUT2D eigenvalue weighted by Crippen LogP contribution is 2.22. The first-order valence-electron chi connectivity index (χ1n) is 9.37. The molecule has 27 heavy (non-hydrogen) atoms. The number of nitrogens with zero attached hydrogens (tertiary/aromatic N) is 2. The molecule has 3 aromatic rings. The van der Waals surface area contributed by atoms with Gasteiger partial charge in [0.25, 0.3) is 11.5 Å². The number of nitrogens with one attached hydrogen (secondary N) is 1. The number of pyridine rings is 1. The molecule has 0 saturated heterocycles. The summed E-state index contributed by atoms with van der Waals surface area (Å²) in [6.07, 6.45) is 5.11. The van der Waals surface area contributed by atoms with Crippen molar-refractivity contribution in [3.05, 3.63) is 81.9 Å². The molecule has 0 aliphatic carbocycles. The summed E-state index contributed by atoms with van der Waals surface area (Å²) in [7, 11) is 0. The Kier molecular flexibility index (Phi) is 5.69. The van der Waals surface area contributed by atoms with E-state index in [1.165, 1.54) is 16.2 Å². The highest BCUT2D eigenvalue weighted by Gasteiger charge is 2.21. The Balaban J connectivity index is 1.87. The predicted molar refractivity (Wildman–Crippen MR) is 107 cm³/mol. The number of aromatic nitrogens is 2. The van der Waals surface area contributed by atoms with Gasteiger partial charge in [0.1, 0.15) is 11.2 Å². The first-order valence-corrected chi connectivity index (χ1v) is 9.37. The van der Waals surface area contributed by atoms with Crippen LogP contribution in [0.3, 0.4) is 0 Å². The minimum Gasteiger partial charge on any atom is -0.345 e. The van der Waals surface area contributed by atoms with Crippen molar-refractivity contribution in [2.24, 2.45) is 5.92 Å². The summed E-state index contributed by atoms with van der Waals surface area (Å²) in [4.78, 5) is 29.7. The van der Waals surface area contributed by atoms with Crippen molar-refractivity contribution in [2.75, 3.05) is 0 Å². The van der Waals surface area contributed by atoms with Crippen LogP contribution in [0.4, 0.5) is 0 Å². The molecule has 0 aliphatic rings. The van der Waals surface area contributed by atoms with Gasteiger partial charge in [-0.15, -0.1) is 0 Å². The lowest BCUT2D eigenvalue weighted by Gasteiger charge is -2.23. The van der Waals surface area contributed by atoms with Gasteiger partial charge in [-0.3, -0.25) is 14.0 Å². The molecule has 0 aliphatic heterocycles. The number of aryl methyl sites for hydroxylation is 1. The van der Waals surface area contributed by atoms with Crippen LogP contribution in [-0.2, 0) is 6.42 Å². The molecule has 140 valence electrons. The molecule has 3 rings (SSSR count). The van der Waals surface area contributed by atoms with Crippen LogP contribution in [0.2, 0.25) is 0 Å². The van der Waals surface area contributed by atoms with Crippen LogP contribution in [0, 0.1) is 5.92 Å². The molecule has 0 fully saturated rings. The van der Waals surface area contributed by atoms with Gasteiger partial charge in [-0.1, -0.05) is 57.5 Å². The van der Waals surface area contributed by atoms with Crippen molar-refractivity contribution in [1.82, 2.24) is 14.7 Å². The van der Waals surface area contributed by atoms with Crippen molar-refractivity contribution in [1.29, 1.82) is 0 Å². The molecule has 0 bridgehead atoms. The highest BCUT2D eigenvalue weighted by atomic mass is 16.2. The van der Waals surface area contributed by atoms with Crippen LogP contribution in [-0.4, -0.2) is 15.3 Å². The number of amides is 1. The standard InChI is InChI=1S/C22H25N3O2/c1-4-7-16-9-11-17(12-10-16)20(15(2)3)24-21(26)18-14-23-19-8-5-6-13-25(19)22(18)27/h5-6,8-15,20H,4,7H2,1-3H3,(H,24,26)/t20-/m1/s1. The summed E-state index contributed by atoms with van der Waals surface area (Å²) < 4.78 is 1.39. The first kappa shape index (κ1) is 18.8. The Morgan fingerprint density at radius 2 is 1.89 bits per heavy atom. The third kappa shape index (κ3) is 4.08. The largest absolute Gasteiger partial charge is 0.345 e. The Labute approximate surface area is 159 Å². The maximum atomic E-state index is 12.8. The maximum Gasteiger partial charge on any atom is 0.270 e. The van der Waals surface area contributed by atoms with Gasteiger partial charge >= 0.3 is 0 Å². The molecule has 1 amide bonds. The smallest absolute Gasteiger partial charge is 0.270 e. The summed E-state index contributed by atoms with van der Waals surface area (Å²) in [5.41, 5.74) is 2.52. The van der Waals surface area contributed by atoms with Crippen LogP contribution >= 0.6 is 0 Å². The van der Waals surface area contributed by atoms with Crippen LogP contribution < -0.4 is 10.9 Å². The molecule has 2 heterocycles. The summed E-state index contributed by atoms with van der Waals surface area (Å²) in [5.74, 6) is -0.218. The van der Waals surface area contributed by atoms with Gasteiger partial charge in [-0.05, 0) is 35.6 Å². The summed E-state index contributed by atoms with van der Waals surface area (Å²) in [5, 5.41) is 3.01. The van der Waals surface area contributed by atoms with Gasteiger partial charge < -0.3 is 5.32 Å². The Morgan fingerprint density at radius 3 is 2.56 bits per heavy atom. The summed E-state index contributed by atoms with van der Waals surface area (Å²) >= 11 is 0. The monoisotopic (exact) mass is 363 g/mol. The summed E-state index contributed by atoms with van der Waals surface area (Å²) in [6, 6.07) is 13.4. The van der Waals surface area contributed by atoms with E-state index in [-0.39, 0.29) is 23.1 Å². The number of hydrogen-bond donors (Lipinski definition) is 1. The first-order chi connectivity index (χ1) is 13.0. The molecule has 5 heteroatoms. The molecule has 0 radical (unpaired) electrons. The Bertz CT molecular complexity index is 990. The van der Waals surface area contributed by atoms with Gasteiger partial charge in [0, 0.05) is 12.4 Å². The molecule has 1 N–H and O–H groups in total. The lowest BCUT2D eigenvalue weighted by Crippen LogP contribution is -2.36. The van der Waals surface area contributed by atoms with Crippen molar-refractivity contribution >= 4 is 11.6 Å². The molecule has 2 aromatic heterocycles. The van der Waals surface area contributed by atoms with E-state index < -0.39 is 5.91 Å². The van der Waals surface area contributed by atoms with Gasteiger partial charge in [-0.2, -0.15) is 0 Å². The SMILES string of the molecule is CCCc1ccc([C@H](NC(=O)c2cnc3ccccn3c2=O)C(C)C)cc1. The molecule has 1 aromatic carbocycles. The van der Waals surface area contributed by atoms with Gasteiger partial charge in [0.05, 0.1) is 6.04 Å². The zero-order valence-corrected chi connectivity index (χ0v) is 16.0. The quantitative estimate of drug-likeness (QED) is 0.725.